The smallest absolute Gasteiger partial charge is 0.268 e. The zero-order valence-electron chi connectivity index (χ0n) is 20.4. The number of ether oxygens (including phenoxy) is 1. The van der Waals surface area contributed by atoms with Crippen molar-refractivity contribution in [3.8, 4) is 5.75 Å². The minimum absolute atomic E-state index is 0.292. The molecule has 190 valence electrons. The lowest BCUT2D eigenvalue weighted by molar-refractivity contribution is -0.129. The highest BCUT2D eigenvalue weighted by molar-refractivity contribution is 6.01. The van der Waals surface area contributed by atoms with E-state index < -0.39 is 18.0 Å². The Balaban J connectivity index is 1.49. The van der Waals surface area contributed by atoms with Crippen LogP contribution in [0.25, 0.3) is 10.9 Å². The Hall–Kier alpha value is -3.07. The highest BCUT2D eigenvalue weighted by Gasteiger charge is 2.31. The summed E-state index contributed by atoms with van der Waals surface area (Å²) in [5.41, 5.74) is 6.77. The van der Waals surface area contributed by atoms with E-state index in [-0.39, 0.29) is 11.8 Å². The van der Waals surface area contributed by atoms with Crippen LogP contribution in [0.1, 0.15) is 61.9 Å². The molecule has 3 atom stereocenters. The molecule has 2 heterocycles. The van der Waals surface area contributed by atoms with E-state index in [9.17, 15) is 14.4 Å². The number of hydrogen-bond acceptors (Lipinski definition) is 5. The number of benzene rings is 1. The van der Waals surface area contributed by atoms with Crippen molar-refractivity contribution >= 4 is 28.6 Å². The summed E-state index contributed by atoms with van der Waals surface area (Å²) >= 11 is 0. The van der Waals surface area contributed by atoms with Gasteiger partial charge in [0.05, 0.1) is 7.11 Å². The highest BCUT2D eigenvalue weighted by Crippen LogP contribution is 2.28. The van der Waals surface area contributed by atoms with Crippen LogP contribution in [-0.4, -0.2) is 55.0 Å². The third-order valence-electron chi connectivity index (χ3n) is 7.40. The third kappa shape index (κ3) is 6.33. The molecule has 1 aromatic heterocycles. The molecule has 35 heavy (non-hydrogen) atoms. The highest BCUT2D eigenvalue weighted by atomic mass is 16.5. The minimum Gasteiger partial charge on any atom is -0.496 e. The molecule has 3 amide bonds. The predicted molar refractivity (Wildman–Crippen MR) is 134 cm³/mol. The summed E-state index contributed by atoms with van der Waals surface area (Å²) in [7, 11) is 1.59. The van der Waals surface area contributed by atoms with Crippen LogP contribution in [0, 0.1) is 11.8 Å². The molecule has 9 heteroatoms. The van der Waals surface area contributed by atoms with Gasteiger partial charge in [-0.25, -0.2) is 0 Å². The second-order valence-corrected chi connectivity index (χ2v) is 9.93. The minimum atomic E-state index is -0.754. The SMILES string of the molecule is COc1cccc2[nH]c(C(=O)N[C@@H](CC3CCCCC3)C(=O)N[C@@H](C[C@@H]3CCNC3)C(N)=O)cc12. The van der Waals surface area contributed by atoms with Crippen LogP contribution in [0.4, 0.5) is 0 Å². The van der Waals surface area contributed by atoms with Gasteiger partial charge in [0, 0.05) is 10.9 Å². The van der Waals surface area contributed by atoms with Gasteiger partial charge in [0.2, 0.25) is 11.8 Å². The van der Waals surface area contributed by atoms with Crippen molar-refractivity contribution < 1.29 is 19.1 Å². The Morgan fingerprint density at radius 2 is 1.83 bits per heavy atom. The maximum atomic E-state index is 13.4. The summed E-state index contributed by atoms with van der Waals surface area (Å²) in [6.45, 7) is 1.71. The van der Waals surface area contributed by atoms with Crippen LogP contribution in [0.2, 0.25) is 0 Å². The van der Waals surface area contributed by atoms with Gasteiger partial charge in [-0.05, 0) is 62.4 Å². The molecule has 1 saturated heterocycles. The summed E-state index contributed by atoms with van der Waals surface area (Å²) in [6.07, 6.45) is 7.53. The number of primary amides is 1. The molecule has 4 rings (SSSR count). The average molecular weight is 484 g/mol. The summed E-state index contributed by atoms with van der Waals surface area (Å²) in [5, 5.41) is 9.85. The summed E-state index contributed by atoms with van der Waals surface area (Å²) < 4.78 is 5.40. The second kappa shape index (κ2) is 11.6. The molecule has 0 radical (unpaired) electrons. The maximum Gasteiger partial charge on any atom is 0.268 e. The quantitative estimate of drug-likeness (QED) is 0.353. The molecule has 9 nitrogen and oxygen atoms in total. The molecule has 0 bridgehead atoms. The van der Waals surface area contributed by atoms with Gasteiger partial charge in [0.1, 0.15) is 23.5 Å². The first-order valence-electron chi connectivity index (χ1n) is 12.7. The van der Waals surface area contributed by atoms with Crippen molar-refractivity contribution in [2.75, 3.05) is 20.2 Å². The molecule has 2 fully saturated rings. The number of rotatable bonds is 10. The number of methoxy groups -OCH3 is 1. The van der Waals surface area contributed by atoms with Crippen LogP contribution in [0.5, 0.6) is 5.75 Å². The zero-order valence-corrected chi connectivity index (χ0v) is 20.4. The van der Waals surface area contributed by atoms with E-state index in [2.05, 4.69) is 20.9 Å². The van der Waals surface area contributed by atoms with E-state index in [0.29, 0.717) is 36.1 Å². The first-order valence-corrected chi connectivity index (χ1v) is 12.7. The van der Waals surface area contributed by atoms with Crippen molar-refractivity contribution in [1.82, 2.24) is 20.9 Å². The van der Waals surface area contributed by atoms with Crippen LogP contribution < -0.4 is 26.4 Å². The lowest BCUT2D eigenvalue weighted by Crippen LogP contribution is -2.54. The maximum absolute atomic E-state index is 13.4. The number of nitrogens with two attached hydrogens (primary N) is 1. The number of aromatic amines is 1. The summed E-state index contributed by atoms with van der Waals surface area (Å²) in [4.78, 5) is 41.8. The fraction of sp³-hybridized carbons (Fsp3) is 0.577. The lowest BCUT2D eigenvalue weighted by atomic mass is 9.84. The number of hydrogen-bond donors (Lipinski definition) is 5. The largest absolute Gasteiger partial charge is 0.496 e. The van der Waals surface area contributed by atoms with E-state index in [1.807, 2.05) is 18.2 Å². The van der Waals surface area contributed by atoms with Crippen LogP contribution in [0.3, 0.4) is 0 Å². The number of fused-ring (bicyclic) bond motifs is 1. The van der Waals surface area contributed by atoms with E-state index in [1.165, 1.54) is 6.42 Å². The molecular weight excluding hydrogens is 446 g/mol. The van der Waals surface area contributed by atoms with Gasteiger partial charge in [-0.2, -0.15) is 0 Å². The third-order valence-corrected chi connectivity index (χ3v) is 7.40. The molecular formula is C26H37N5O4. The Kier molecular flexibility index (Phi) is 8.28. The normalized spacial score (nSPS) is 20.3. The van der Waals surface area contributed by atoms with Crippen molar-refractivity contribution in [2.24, 2.45) is 17.6 Å². The molecule has 1 saturated carbocycles. The summed E-state index contributed by atoms with van der Waals surface area (Å²) in [5.74, 6) is 0.0482. The first-order chi connectivity index (χ1) is 16.9. The van der Waals surface area contributed by atoms with Gasteiger partial charge >= 0.3 is 0 Å². The molecule has 0 spiro atoms. The predicted octanol–water partition coefficient (Wildman–Crippen LogP) is 2.22. The molecule has 6 N–H and O–H groups in total. The van der Waals surface area contributed by atoms with Crippen LogP contribution in [0.15, 0.2) is 24.3 Å². The second-order valence-electron chi connectivity index (χ2n) is 9.93. The Morgan fingerprint density at radius 1 is 1.06 bits per heavy atom. The van der Waals surface area contributed by atoms with Crippen molar-refractivity contribution in [3.63, 3.8) is 0 Å². The van der Waals surface area contributed by atoms with Crippen LogP contribution >= 0.6 is 0 Å². The van der Waals surface area contributed by atoms with Crippen LogP contribution in [-0.2, 0) is 9.59 Å². The van der Waals surface area contributed by atoms with Gasteiger partial charge in [-0.3, -0.25) is 14.4 Å². The molecule has 1 aliphatic carbocycles. The van der Waals surface area contributed by atoms with E-state index >= 15 is 0 Å². The van der Waals surface area contributed by atoms with E-state index in [4.69, 9.17) is 10.5 Å². The molecule has 2 aliphatic rings. The van der Waals surface area contributed by atoms with Gasteiger partial charge in [-0.1, -0.05) is 38.2 Å². The monoisotopic (exact) mass is 483 g/mol. The fourth-order valence-electron chi connectivity index (χ4n) is 5.42. The number of carbonyl (C=O) groups is 3. The van der Waals surface area contributed by atoms with Gasteiger partial charge in [-0.15, -0.1) is 0 Å². The van der Waals surface area contributed by atoms with Gasteiger partial charge in [0.15, 0.2) is 0 Å². The molecule has 1 aliphatic heterocycles. The molecule has 2 aromatic rings. The number of nitrogens with one attached hydrogen (secondary N) is 4. The van der Waals surface area contributed by atoms with E-state index in [1.54, 1.807) is 13.2 Å². The van der Waals surface area contributed by atoms with Gasteiger partial charge < -0.3 is 31.4 Å². The summed E-state index contributed by atoms with van der Waals surface area (Å²) in [6, 6.07) is 5.79. The van der Waals surface area contributed by atoms with Crippen molar-refractivity contribution in [3.05, 3.63) is 30.0 Å². The average Bonchev–Trinajstić information content (AvgIpc) is 3.53. The standard InChI is InChI=1S/C26H37N5O4/c1-35-23-9-5-8-19-18(23)14-22(29-19)26(34)31-21(12-16-6-3-2-4-7-16)25(33)30-20(24(27)32)13-17-10-11-28-15-17/h5,8-9,14,16-17,20-21,28-29H,2-4,6-7,10-13,15H2,1H3,(H2,27,32)(H,30,33)(H,31,34)/t17-,20-,21-/m0/s1. The number of amides is 3. The Morgan fingerprint density at radius 3 is 2.51 bits per heavy atom. The van der Waals surface area contributed by atoms with Crippen molar-refractivity contribution in [1.29, 1.82) is 0 Å². The van der Waals surface area contributed by atoms with Gasteiger partial charge in [0.25, 0.3) is 5.91 Å². The number of carbonyl (C=O) groups excluding carboxylic acids is 3. The number of H-pyrrole nitrogens is 1. The fourth-order valence-corrected chi connectivity index (χ4v) is 5.42. The lowest BCUT2D eigenvalue weighted by Gasteiger charge is -2.28. The number of aromatic nitrogens is 1. The first kappa shape index (κ1) is 25.0. The Labute approximate surface area is 205 Å². The zero-order chi connectivity index (χ0) is 24.8. The molecule has 0 unspecified atom stereocenters. The topological polar surface area (TPSA) is 138 Å². The van der Waals surface area contributed by atoms with Crippen molar-refractivity contribution in [2.45, 2.75) is 63.5 Å². The van der Waals surface area contributed by atoms with E-state index in [0.717, 1.165) is 56.1 Å². The Bertz CT molecular complexity index is 1040. The molecule has 1 aromatic carbocycles.